The molecule has 0 radical (unpaired) electrons. The van der Waals surface area contributed by atoms with Gasteiger partial charge in [-0.3, -0.25) is 0 Å². The zero-order valence-corrected chi connectivity index (χ0v) is 10.4. The van der Waals surface area contributed by atoms with Gasteiger partial charge in [0.25, 0.3) is 0 Å². The van der Waals surface area contributed by atoms with Crippen LogP contribution in [0.15, 0.2) is 24.3 Å². The number of nitrogens with one attached hydrogen (secondary N) is 1. The van der Waals surface area contributed by atoms with Crippen LogP contribution >= 0.6 is 0 Å². The number of hydrogen-bond acceptors (Lipinski definition) is 2. The Morgan fingerprint density at radius 3 is 2.21 bits per heavy atom. The van der Waals surface area contributed by atoms with Gasteiger partial charge in [-0.05, 0) is 49.5 Å². The van der Waals surface area contributed by atoms with Crippen LogP contribution in [0.1, 0.15) is 29.9 Å². The van der Waals surface area contributed by atoms with Crippen LogP contribution in [-0.2, 0) is 11.0 Å². The van der Waals surface area contributed by atoms with E-state index in [0.717, 1.165) is 44.4 Å². The summed E-state index contributed by atoms with van der Waals surface area (Å²) in [5.74, 6) is -0.0835. The van der Waals surface area contributed by atoms with E-state index in [9.17, 15) is 18.0 Å². The Kier molecular flexibility index (Phi) is 4.24. The molecule has 19 heavy (non-hydrogen) atoms. The minimum Gasteiger partial charge on any atom is -0.317 e. The predicted octanol–water partition coefficient (Wildman–Crippen LogP) is 2.99. The molecule has 5 heteroatoms. The third-order valence-electron chi connectivity index (χ3n) is 3.66. The van der Waals surface area contributed by atoms with Crippen molar-refractivity contribution in [3.63, 3.8) is 0 Å². The lowest BCUT2D eigenvalue weighted by molar-refractivity contribution is -0.137. The van der Waals surface area contributed by atoms with E-state index in [1.807, 2.05) is 0 Å². The Morgan fingerprint density at radius 2 is 1.74 bits per heavy atom. The van der Waals surface area contributed by atoms with Crippen molar-refractivity contribution in [2.45, 2.75) is 24.9 Å². The molecule has 2 nitrogen and oxygen atoms in total. The van der Waals surface area contributed by atoms with Crippen molar-refractivity contribution in [1.82, 2.24) is 5.32 Å². The van der Waals surface area contributed by atoms with Crippen LogP contribution in [0.2, 0.25) is 0 Å². The molecule has 1 aromatic rings. The minimum atomic E-state index is -4.33. The average molecular weight is 271 g/mol. The van der Waals surface area contributed by atoms with Crippen molar-refractivity contribution < 1.29 is 18.0 Å². The number of piperidine rings is 1. The molecule has 0 spiro atoms. The van der Waals surface area contributed by atoms with Crippen molar-refractivity contribution in [2.24, 2.45) is 5.92 Å². The number of alkyl halides is 3. The van der Waals surface area contributed by atoms with Crippen molar-refractivity contribution in [2.75, 3.05) is 13.1 Å². The third kappa shape index (κ3) is 3.35. The lowest BCUT2D eigenvalue weighted by Crippen LogP contribution is -2.31. The van der Waals surface area contributed by atoms with Crippen LogP contribution in [-0.4, -0.2) is 19.4 Å². The van der Waals surface area contributed by atoms with Crippen LogP contribution in [0, 0.1) is 5.92 Å². The molecule has 1 N–H and O–H groups in total. The van der Waals surface area contributed by atoms with Gasteiger partial charge in [0.2, 0.25) is 0 Å². The van der Waals surface area contributed by atoms with Crippen molar-refractivity contribution >= 4 is 6.29 Å². The molecule has 1 heterocycles. The smallest absolute Gasteiger partial charge is 0.317 e. The van der Waals surface area contributed by atoms with E-state index in [1.54, 1.807) is 0 Å². The maximum Gasteiger partial charge on any atom is 0.416 e. The molecule has 1 aliphatic heterocycles. The van der Waals surface area contributed by atoms with Gasteiger partial charge in [-0.15, -0.1) is 0 Å². The second kappa shape index (κ2) is 5.74. The van der Waals surface area contributed by atoms with E-state index >= 15 is 0 Å². The predicted molar refractivity (Wildman–Crippen MR) is 65.8 cm³/mol. The summed E-state index contributed by atoms with van der Waals surface area (Å²) in [5, 5.41) is 3.21. The highest BCUT2D eigenvalue weighted by atomic mass is 19.4. The van der Waals surface area contributed by atoms with E-state index in [2.05, 4.69) is 5.32 Å². The molecule has 1 fully saturated rings. The fraction of sp³-hybridized carbons (Fsp3) is 0.500. The maximum absolute atomic E-state index is 12.5. The highest BCUT2D eigenvalue weighted by Crippen LogP contribution is 2.33. The van der Waals surface area contributed by atoms with Crippen molar-refractivity contribution in [1.29, 1.82) is 0 Å². The summed E-state index contributed by atoms with van der Waals surface area (Å²) >= 11 is 0. The second-order valence-corrected chi connectivity index (χ2v) is 4.87. The van der Waals surface area contributed by atoms with Crippen molar-refractivity contribution in [3.05, 3.63) is 35.4 Å². The molecule has 1 unspecified atom stereocenters. The average Bonchev–Trinajstić information content (AvgIpc) is 2.40. The van der Waals surface area contributed by atoms with Gasteiger partial charge in [0.15, 0.2) is 0 Å². The van der Waals surface area contributed by atoms with Crippen LogP contribution in [0.25, 0.3) is 0 Å². The fourth-order valence-corrected chi connectivity index (χ4v) is 2.56. The minimum absolute atomic E-state index is 0.218. The Bertz CT molecular complexity index is 421. The molecule has 1 aromatic carbocycles. The molecule has 104 valence electrons. The molecular formula is C14H16F3NO. The summed E-state index contributed by atoms with van der Waals surface area (Å²) in [6.45, 7) is 1.71. The molecule has 1 aliphatic rings. The third-order valence-corrected chi connectivity index (χ3v) is 3.66. The summed E-state index contributed by atoms with van der Waals surface area (Å²) in [6, 6.07) is 4.94. The largest absolute Gasteiger partial charge is 0.416 e. The zero-order valence-electron chi connectivity index (χ0n) is 10.4. The topological polar surface area (TPSA) is 29.1 Å². The summed E-state index contributed by atoms with van der Waals surface area (Å²) < 4.78 is 37.4. The number of aldehydes is 1. The normalized spacial score (nSPS) is 19.1. The fourth-order valence-electron chi connectivity index (χ4n) is 2.56. The SMILES string of the molecule is O=CC(c1ccc(C(F)(F)F)cc1)C1CCNCC1. The molecular weight excluding hydrogens is 255 g/mol. The van der Waals surface area contributed by atoms with Gasteiger partial charge in [-0.2, -0.15) is 13.2 Å². The van der Waals surface area contributed by atoms with E-state index in [4.69, 9.17) is 0 Å². The molecule has 0 amide bonds. The van der Waals surface area contributed by atoms with Crippen LogP contribution in [0.5, 0.6) is 0 Å². The van der Waals surface area contributed by atoms with E-state index in [0.29, 0.717) is 5.56 Å². The number of carbonyl (C=O) groups is 1. The number of halogens is 3. The standard InChI is InChI=1S/C14H16F3NO/c15-14(16,17)12-3-1-10(2-4-12)13(9-19)11-5-7-18-8-6-11/h1-4,9,11,13,18H,5-8H2. The quantitative estimate of drug-likeness (QED) is 0.856. The van der Waals surface area contributed by atoms with Gasteiger partial charge in [-0.1, -0.05) is 12.1 Å². The van der Waals surface area contributed by atoms with Gasteiger partial charge in [0, 0.05) is 5.92 Å². The van der Waals surface area contributed by atoms with Gasteiger partial charge in [0.1, 0.15) is 6.29 Å². The zero-order chi connectivity index (χ0) is 13.9. The van der Waals surface area contributed by atoms with Gasteiger partial charge < -0.3 is 10.1 Å². The molecule has 2 rings (SSSR count). The highest BCUT2D eigenvalue weighted by molar-refractivity contribution is 5.62. The van der Waals surface area contributed by atoms with Gasteiger partial charge >= 0.3 is 6.18 Å². The molecule has 1 atom stereocenters. The Hall–Kier alpha value is -1.36. The first-order valence-electron chi connectivity index (χ1n) is 6.35. The molecule has 0 saturated carbocycles. The number of carbonyl (C=O) groups excluding carboxylic acids is 1. The second-order valence-electron chi connectivity index (χ2n) is 4.87. The van der Waals surface area contributed by atoms with E-state index in [1.165, 1.54) is 12.1 Å². The highest BCUT2D eigenvalue weighted by Gasteiger charge is 2.31. The first-order valence-corrected chi connectivity index (χ1v) is 6.35. The maximum atomic E-state index is 12.5. The lowest BCUT2D eigenvalue weighted by Gasteiger charge is -2.27. The first kappa shape index (κ1) is 14.1. The molecule has 0 aliphatic carbocycles. The number of rotatable bonds is 3. The monoisotopic (exact) mass is 271 g/mol. The van der Waals surface area contributed by atoms with Crippen LogP contribution in [0.3, 0.4) is 0 Å². The van der Waals surface area contributed by atoms with Gasteiger partial charge in [-0.25, -0.2) is 0 Å². The number of hydrogen-bond donors (Lipinski definition) is 1. The summed E-state index contributed by atoms with van der Waals surface area (Å²) in [5.41, 5.74) is 0.00103. The Morgan fingerprint density at radius 1 is 1.16 bits per heavy atom. The lowest BCUT2D eigenvalue weighted by atomic mass is 9.81. The molecule has 0 aromatic heterocycles. The van der Waals surface area contributed by atoms with E-state index < -0.39 is 11.7 Å². The Labute approximate surface area is 110 Å². The molecule has 0 bridgehead atoms. The van der Waals surface area contributed by atoms with Crippen LogP contribution in [0.4, 0.5) is 13.2 Å². The van der Waals surface area contributed by atoms with Crippen LogP contribution < -0.4 is 5.32 Å². The Balaban J connectivity index is 2.16. The summed E-state index contributed by atoms with van der Waals surface area (Å²) in [4.78, 5) is 11.2. The molecule has 1 saturated heterocycles. The summed E-state index contributed by atoms with van der Waals surface area (Å²) in [6.07, 6.45) is -1.71. The number of benzene rings is 1. The van der Waals surface area contributed by atoms with Crippen molar-refractivity contribution in [3.8, 4) is 0 Å². The summed E-state index contributed by atoms with van der Waals surface area (Å²) in [7, 11) is 0. The van der Waals surface area contributed by atoms with Gasteiger partial charge in [0.05, 0.1) is 5.56 Å². The first-order chi connectivity index (χ1) is 9.02. The van der Waals surface area contributed by atoms with E-state index in [-0.39, 0.29) is 11.8 Å².